The highest BCUT2D eigenvalue weighted by atomic mass is 32.1. The number of carbonyl (C=O) groups excluding carboxylic acids is 1. The number of ether oxygens (including phenoxy) is 2. The molecule has 1 saturated heterocycles. The zero-order valence-corrected chi connectivity index (χ0v) is 15.6. The summed E-state index contributed by atoms with van der Waals surface area (Å²) in [6.45, 7) is 3.77. The van der Waals surface area contributed by atoms with Crippen molar-refractivity contribution >= 4 is 17.2 Å². The van der Waals surface area contributed by atoms with Crippen molar-refractivity contribution in [2.45, 2.75) is 31.3 Å². The van der Waals surface area contributed by atoms with Gasteiger partial charge in [0.1, 0.15) is 6.10 Å². The van der Waals surface area contributed by atoms with Crippen LogP contribution in [0.1, 0.15) is 34.3 Å². The quantitative estimate of drug-likeness (QED) is 0.857. The van der Waals surface area contributed by atoms with Gasteiger partial charge >= 0.3 is 0 Å². The SMILES string of the molecule is CO[C@H](CNC(=O)C1(c2ccccc2)CCOCC1)c1ccc(C)s1. The number of thiophene rings is 1. The molecule has 1 N–H and O–H groups in total. The molecule has 1 aliphatic heterocycles. The van der Waals surface area contributed by atoms with Crippen LogP contribution in [-0.2, 0) is 19.7 Å². The second-order valence-corrected chi connectivity index (χ2v) is 7.76. The summed E-state index contributed by atoms with van der Waals surface area (Å²) in [5.74, 6) is 0.0670. The van der Waals surface area contributed by atoms with E-state index >= 15 is 0 Å². The van der Waals surface area contributed by atoms with Crippen LogP contribution in [0.4, 0.5) is 0 Å². The van der Waals surface area contributed by atoms with Gasteiger partial charge in [-0.05, 0) is 37.5 Å². The molecule has 134 valence electrons. The van der Waals surface area contributed by atoms with Crippen molar-refractivity contribution in [3.05, 3.63) is 57.8 Å². The summed E-state index contributed by atoms with van der Waals surface area (Å²) < 4.78 is 11.1. The first kappa shape index (κ1) is 18.1. The number of carbonyl (C=O) groups is 1. The molecule has 0 saturated carbocycles. The van der Waals surface area contributed by atoms with Crippen LogP contribution in [0.25, 0.3) is 0 Å². The predicted molar refractivity (Wildman–Crippen MR) is 100.0 cm³/mol. The van der Waals surface area contributed by atoms with Crippen LogP contribution in [0.3, 0.4) is 0 Å². The lowest BCUT2D eigenvalue weighted by Gasteiger charge is -2.36. The van der Waals surface area contributed by atoms with Gasteiger partial charge in [-0.2, -0.15) is 0 Å². The first-order valence-corrected chi connectivity index (χ1v) is 9.48. The topological polar surface area (TPSA) is 47.6 Å². The molecule has 1 atom stereocenters. The van der Waals surface area contributed by atoms with E-state index in [0.29, 0.717) is 32.6 Å². The van der Waals surface area contributed by atoms with Crippen LogP contribution in [0.2, 0.25) is 0 Å². The third-order valence-electron chi connectivity index (χ3n) is 4.92. The first-order chi connectivity index (χ1) is 12.2. The minimum Gasteiger partial charge on any atom is -0.381 e. The van der Waals surface area contributed by atoms with E-state index in [1.165, 1.54) is 4.88 Å². The molecule has 1 fully saturated rings. The number of methoxy groups -OCH3 is 1. The molecule has 0 radical (unpaired) electrons. The molecule has 5 heteroatoms. The molecule has 0 aliphatic carbocycles. The van der Waals surface area contributed by atoms with E-state index in [0.717, 1.165) is 10.4 Å². The number of hydrogen-bond acceptors (Lipinski definition) is 4. The summed E-state index contributed by atoms with van der Waals surface area (Å²) in [4.78, 5) is 15.5. The summed E-state index contributed by atoms with van der Waals surface area (Å²) in [7, 11) is 1.69. The Kier molecular flexibility index (Phi) is 5.89. The van der Waals surface area contributed by atoms with Gasteiger partial charge in [0.2, 0.25) is 5.91 Å². The van der Waals surface area contributed by atoms with E-state index in [2.05, 4.69) is 24.4 Å². The van der Waals surface area contributed by atoms with Crippen LogP contribution < -0.4 is 5.32 Å². The highest BCUT2D eigenvalue weighted by Gasteiger charge is 2.41. The molecule has 1 aromatic heterocycles. The van der Waals surface area contributed by atoms with Gasteiger partial charge in [-0.15, -0.1) is 11.3 Å². The number of benzene rings is 1. The van der Waals surface area contributed by atoms with Crippen molar-refractivity contribution < 1.29 is 14.3 Å². The summed E-state index contributed by atoms with van der Waals surface area (Å²) in [6.07, 6.45) is 1.30. The molecule has 4 nitrogen and oxygen atoms in total. The van der Waals surface area contributed by atoms with Gasteiger partial charge in [0.25, 0.3) is 0 Å². The van der Waals surface area contributed by atoms with E-state index in [4.69, 9.17) is 9.47 Å². The Labute approximate surface area is 153 Å². The van der Waals surface area contributed by atoms with Gasteiger partial charge in [-0.1, -0.05) is 30.3 Å². The van der Waals surface area contributed by atoms with Crippen molar-refractivity contribution in [3.8, 4) is 0 Å². The minimum absolute atomic E-state index is 0.0670. The lowest BCUT2D eigenvalue weighted by Crippen LogP contribution is -2.49. The lowest BCUT2D eigenvalue weighted by atomic mass is 9.73. The average Bonchev–Trinajstić information content (AvgIpc) is 3.09. The number of nitrogens with one attached hydrogen (secondary N) is 1. The van der Waals surface area contributed by atoms with Crippen LogP contribution in [-0.4, -0.2) is 32.8 Å². The van der Waals surface area contributed by atoms with Gasteiger partial charge in [-0.3, -0.25) is 4.79 Å². The monoisotopic (exact) mass is 359 g/mol. The van der Waals surface area contributed by atoms with Crippen LogP contribution in [0.15, 0.2) is 42.5 Å². The number of aryl methyl sites for hydroxylation is 1. The van der Waals surface area contributed by atoms with Crippen molar-refractivity contribution in [2.24, 2.45) is 0 Å². The third-order valence-corrected chi connectivity index (χ3v) is 6.01. The maximum absolute atomic E-state index is 13.2. The second-order valence-electron chi connectivity index (χ2n) is 6.44. The smallest absolute Gasteiger partial charge is 0.230 e. The summed E-state index contributed by atoms with van der Waals surface area (Å²) in [6, 6.07) is 14.2. The van der Waals surface area contributed by atoms with Crippen molar-refractivity contribution in [3.63, 3.8) is 0 Å². The minimum atomic E-state index is -0.511. The largest absolute Gasteiger partial charge is 0.381 e. The van der Waals surface area contributed by atoms with Crippen molar-refractivity contribution in [1.29, 1.82) is 0 Å². The van der Waals surface area contributed by atoms with Gasteiger partial charge in [-0.25, -0.2) is 0 Å². The predicted octanol–water partition coefficient (Wildman–Crippen LogP) is 3.61. The molecule has 0 bridgehead atoms. The van der Waals surface area contributed by atoms with E-state index in [9.17, 15) is 4.79 Å². The highest BCUT2D eigenvalue weighted by molar-refractivity contribution is 7.12. The molecule has 1 aliphatic rings. The lowest BCUT2D eigenvalue weighted by molar-refractivity contribution is -0.131. The Morgan fingerprint density at radius 1 is 1.24 bits per heavy atom. The Hall–Kier alpha value is -1.69. The molecule has 0 unspecified atom stereocenters. The maximum atomic E-state index is 13.2. The number of amides is 1. The Morgan fingerprint density at radius 2 is 1.96 bits per heavy atom. The molecule has 1 amide bonds. The molecule has 0 spiro atoms. The normalized spacial score (nSPS) is 17.8. The van der Waals surface area contributed by atoms with Gasteiger partial charge in [0.05, 0.1) is 5.41 Å². The average molecular weight is 359 g/mol. The van der Waals surface area contributed by atoms with Gasteiger partial charge in [0, 0.05) is 36.6 Å². The fourth-order valence-corrected chi connectivity index (χ4v) is 4.36. The van der Waals surface area contributed by atoms with E-state index in [1.54, 1.807) is 18.4 Å². The Balaban J connectivity index is 1.74. The maximum Gasteiger partial charge on any atom is 0.230 e. The number of rotatable bonds is 6. The zero-order chi connectivity index (χ0) is 17.7. The van der Waals surface area contributed by atoms with Crippen LogP contribution in [0.5, 0.6) is 0 Å². The summed E-state index contributed by atoms with van der Waals surface area (Å²) >= 11 is 1.71. The van der Waals surface area contributed by atoms with Gasteiger partial charge < -0.3 is 14.8 Å². The number of hydrogen-bond donors (Lipinski definition) is 1. The second kappa shape index (κ2) is 8.13. The molecule has 3 rings (SSSR count). The van der Waals surface area contributed by atoms with Crippen molar-refractivity contribution in [2.75, 3.05) is 26.9 Å². The molecule has 2 heterocycles. The summed E-state index contributed by atoms with van der Waals surface area (Å²) in [5, 5.41) is 3.14. The van der Waals surface area contributed by atoms with Gasteiger partial charge in [0.15, 0.2) is 0 Å². The molecule has 2 aromatic rings. The van der Waals surface area contributed by atoms with Crippen LogP contribution >= 0.6 is 11.3 Å². The third kappa shape index (κ3) is 3.94. The molecular weight excluding hydrogens is 334 g/mol. The Morgan fingerprint density at radius 3 is 2.56 bits per heavy atom. The standard InChI is InChI=1S/C20H25NO3S/c1-15-8-9-18(25-15)17(23-2)14-21-19(22)20(10-12-24-13-11-20)16-6-4-3-5-7-16/h3-9,17H,10-14H2,1-2H3,(H,21,22)/t17-/m1/s1. The van der Waals surface area contributed by atoms with E-state index in [-0.39, 0.29) is 12.0 Å². The highest BCUT2D eigenvalue weighted by Crippen LogP contribution is 2.35. The Bertz CT molecular complexity index is 692. The zero-order valence-electron chi connectivity index (χ0n) is 14.8. The summed E-state index contributed by atoms with van der Waals surface area (Å²) in [5.41, 5.74) is 0.556. The molecular formula is C20H25NO3S. The first-order valence-electron chi connectivity index (χ1n) is 8.66. The van der Waals surface area contributed by atoms with Crippen LogP contribution in [0, 0.1) is 6.92 Å². The van der Waals surface area contributed by atoms with E-state index < -0.39 is 5.41 Å². The fourth-order valence-electron chi connectivity index (χ4n) is 3.41. The fraction of sp³-hybridized carbons (Fsp3) is 0.450. The molecule has 25 heavy (non-hydrogen) atoms. The van der Waals surface area contributed by atoms with Crippen molar-refractivity contribution in [1.82, 2.24) is 5.32 Å². The van der Waals surface area contributed by atoms with E-state index in [1.807, 2.05) is 30.3 Å². The molecule has 1 aromatic carbocycles.